The van der Waals surface area contributed by atoms with Crippen LogP contribution >= 0.6 is 0 Å². The largest absolute Gasteiger partial charge is 4.00 e. The minimum absolute atomic E-state index is 0. The fraction of sp³-hybridized carbons (Fsp3) is 0.667. The first-order chi connectivity index (χ1) is 13.6. The molecular weight excluding hydrogens is 595 g/mol. The Labute approximate surface area is 241 Å². The van der Waals surface area contributed by atoms with Gasteiger partial charge in [0.2, 0.25) is 0 Å². The van der Waals surface area contributed by atoms with Gasteiger partial charge in [0.05, 0.1) is 0 Å². The summed E-state index contributed by atoms with van der Waals surface area (Å²) in [6.07, 6.45) is 17.9. The molecule has 0 atom stereocenters. The predicted molar refractivity (Wildman–Crippen MR) is 144 cm³/mol. The zero-order valence-electron chi connectivity index (χ0n) is 22.6. The molecule has 0 heterocycles. The van der Waals surface area contributed by atoms with Crippen LogP contribution in [0.5, 0.6) is 0 Å². The van der Waals surface area contributed by atoms with Crippen LogP contribution in [0.25, 0.3) is 0 Å². The van der Waals surface area contributed by atoms with Crippen molar-refractivity contribution in [1.82, 2.24) is 0 Å². The maximum atomic E-state index is 5.93. The van der Waals surface area contributed by atoms with Crippen molar-refractivity contribution in [2.24, 2.45) is 0 Å². The van der Waals surface area contributed by atoms with Gasteiger partial charge in [-0.2, -0.15) is 12.2 Å². The molecule has 0 aromatic heterocycles. The normalized spacial score (nSPS) is 15.5. The summed E-state index contributed by atoms with van der Waals surface area (Å²) >= 11 is 0. The van der Waals surface area contributed by atoms with Gasteiger partial charge in [0.25, 0.3) is 0 Å². The monoisotopic (exact) mass is 638 g/mol. The van der Waals surface area contributed by atoms with Crippen molar-refractivity contribution in [2.75, 3.05) is 13.2 Å². The van der Waals surface area contributed by atoms with Crippen molar-refractivity contribution in [1.29, 1.82) is 0 Å². The van der Waals surface area contributed by atoms with Gasteiger partial charge in [-0.05, 0) is 51.4 Å². The first-order valence-electron chi connectivity index (χ1n) is 11.5. The van der Waals surface area contributed by atoms with Crippen LogP contribution < -0.4 is 24.8 Å². The van der Waals surface area contributed by atoms with Crippen LogP contribution in [0, 0.1) is 12.2 Å². The van der Waals surface area contributed by atoms with Crippen molar-refractivity contribution in [3.05, 3.63) is 46.8 Å². The molecule has 0 saturated heterocycles. The first-order valence-corrected chi connectivity index (χ1v) is 24.7. The van der Waals surface area contributed by atoms with Crippen LogP contribution in [0.1, 0.15) is 12.8 Å². The quantitative estimate of drug-likeness (QED) is 0.267. The molecule has 0 amide bonds. The molecule has 0 aromatic rings. The van der Waals surface area contributed by atoms with Crippen LogP contribution in [-0.2, 0) is 35.1 Å². The van der Waals surface area contributed by atoms with E-state index in [-0.39, 0.29) is 51.0 Å². The molecule has 2 aliphatic carbocycles. The third kappa shape index (κ3) is 17.3. The maximum Gasteiger partial charge on any atom is 4.00 e. The molecule has 0 aliphatic heterocycles. The molecule has 0 bridgehead atoms. The molecule has 0 saturated carbocycles. The molecule has 0 fully saturated rings. The summed E-state index contributed by atoms with van der Waals surface area (Å²) in [4.78, 5) is 0. The van der Waals surface area contributed by atoms with Gasteiger partial charge in [-0.1, -0.05) is 26.2 Å². The molecule has 33 heavy (non-hydrogen) atoms. The Bertz CT molecular complexity index is 619. The number of hydrogen-bond donors (Lipinski definition) is 0. The fourth-order valence-electron chi connectivity index (χ4n) is 3.23. The van der Waals surface area contributed by atoms with Gasteiger partial charge in [-0.25, -0.2) is 22.5 Å². The Kier molecular flexibility index (Phi) is 19.8. The van der Waals surface area contributed by atoms with E-state index < -0.39 is 32.8 Å². The Balaban J connectivity index is -0.000000500. The number of allylic oxidation sites excluding steroid dienone is 8. The van der Waals surface area contributed by atoms with Gasteiger partial charge in [-0.3, -0.25) is 12.2 Å². The van der Waals surface area contributed by atoms with E-state index in [0.29, 0.717) is 0 Å². The molecule has 0 N–H and O–H groups in total. The molecule has 0 spiro atoms. The zero-order valence-corrected chi connectivity index (χ0v) is 30.6. The molecular formula is C24H46Cl2O2Si4Zr. The van der Waals surface area contributed by atoms with Crippen molar-refractivity contribution in [3.63, 3.8) is 0 Å². The van der Waals surface area contributed by atoms with Crippen LogP contribution in [0.2, 0.25) is 77.6 Å². The third-order valence-electron chi connectivity index (χ3n) is 5.37. The molecule has 9 heteroatoms. The van der Waals surface area contributed by atoms with Gasteiger partial charge in [0.1, 0.15) is 0 Å². The summed E-state index contributed by atoms with van der Waals surface area (Å²) in [6.45, 7) is 25.1. The molecule has 0 aromatic carbocycles. The van der Waals surface area contributed by atoms with Gasteiger partial charge in [0, 0.05) is 29.4 Å². The fourth-order valence-corrected chi connectivity index (χ4v) is 9.13. The average Bonchev–Trinajstić information content (AvgIpc) is 3.27. The van der Waals surface area contributed by atoms with E-state index in [2.05, 4.69) is 102 Å². The Morgan fingerprint density at radius 3 is 1.15 bits per heavy atom. The summed E-state index contributed by atoms with van der Waals surface area (Å²) in [5.41, 5.74) is 0. The number of halogens is 2. The number of hydrogen-bond acceptors (Lipinski definition) is 2. The van der Waals surface area contributed by atoms with Crippen LogP contribution in [0.15, 0.2) is 34.7 Å². The third-order valence-corrected chi connectivity index (χ3v) is 14.0. The summed E-state index contributed by atoms with van der Waals surface area (Å²) in [7, 11) is -5.15. The second-order valence-corrected chi connectivity index (χ2v) is 30.2. The molecule has 2 nitrogen and oxygen atoms in total. The summed E-state index contributed by atoms with van der Waals surface area (Å²) in [5.74, 6) is 0. The van der Waals surface area contributed by atoms with Crippen LogP contribution in [0.3, 0.4) is 0 Å². The Morgan fingerprint density at radius 1 is 0.636 bits per heavy atom. The van der Waals surface area contributed by atoms with Crippen molar-refractivity contribution < 1.29 is 59.9 Å². The average molecular weight is 641 g/mol. The summed E-state index contributed by atoms with van der Waals surface area (Å²) in [5, 5.41) is 2.98. The second-order valence-electron chi connectivity index (χ2n) is 11.6. The molecule has 2 aliphatic rings. The van der Waals surface area contributed by atoms with Crippen LogP contribution in [-0.4, -0.2) is 46.0 Å². The van der Waals surface area contributed by atoms with Gasteiger partial charge in [0.15, 0.2) is 16.6 Å². The van der Waals surface area contributed by atoms with E-state index in [1.807, 2.05) is 0 Å². The van der Waals surface area contributed by atoms with E-state index in [0.717, 1.165) is 26.1 Å². The first kappa shape index (κ1) is 38.7. The van der Waals surface area contributed by atoms with Gasteiger partial charge < -0.3 is 33.7 Å². The van der Waals surface area contributed by atoms with E-state index >= 15 is 0 Å². The minimum atomic E-state index is -1.32. The van der Waals surface area contributed by atoms with Gasteiger partial charge >= 0.3 is 26.2 Å². The second kappa shape index (κ2) is 16.9. The van der Waals surface area contributed by atoms with E-state index in [9.17, 15) is 0 Å². The van der Waals surface area contributed by atoms with E-state index in [4.69, 9.17) is 8.85 Å². The Morgan fingerprint density at radius 2 is 0.939 bits per heavy atom. The van der Waals surface area contributed by atoms with Gasteiger partial charge in [-0.15, -0.1) is 12.8 Å². The predicted octanol–water partition coefficient (Wildman–Crippen LogP) is 1.56. The number of rotatable bonds is 10. The van der Waals surface area contributed by atoms with Crippen molar-refractivity contribution in [2.45, 2.75) is 90.4 Å². The van der Waals surface area contributed by atoms with Crippen molar-refractivity contribution in [3.8, 4) is 0 Å². The van der Waals surface area contributed by atoms with Crippen molar-refractivity contribution >= 4 is 32.8 Å². The smallest absolute Gasteiger partial charge is 1.00 e. The zero-order chi connectivity index (χ0) is 23.1. The molecule has 188 valence electrons. The SMILES string of the molecule is C[Si](C)(C)OCC[Si](C)(C)C1=[C-]CC=C1.C[Si](C)(C)OCC[Si](C)(C)C1=[C-]CC=C1.[Cl-].[Cl-].[Zr+4]. The summed E-state index contributed by atoms with van der Waals surface area (Å²) < 4.78 is 11.9. The standard InChI is InChI=1S/2C12H23OSi2.2ClH.Zr/c2*1-14(2,3)13-10-11-15(4,5)12-8-6-7-9-12;;;/h2*6,8H,7,10-11H2,1-5H3;2*1H;/q2*-1;;;+4/p-2. The minimum Gasteiger partial charge on any atom is -1.00 e. The molecule has 2 rings (SSSR count). The Hall–Kier alpha value is 1.21. The van der Waals surface area contributed by atoms with E-state index in [1.54, 1.807) is 0 Å². The topological polar surface area (TPSA) is 18.5 Å². The molecule has 0 unspecified atom stereocenters. The maximum absolute atomic E-state index is 5.93. The van der Waals surface area contributed by atoms with Crippen LogP contribution in [0.4, 0.5) is 0 Å². The summed E-state index contributed by atoms with van der Waals surface area (Å²) in [6, 6.07) is 2.45. The molecule has 0 radical (unpaired) electrons. The van der Waals surface area contributed by atoms with E-state index in [1.165, 1.54) is 22.5 Å².